The molecule has 20 heavy (non-hydrogen) atoms. The Kier molecular flexibility index (Phi) is 3.76. The lowest BCUT2D eigenvalue weighted by atomic mass is 9.74. The maximum Gasteiger partial charge on any atom is 0.162 e. The van der Waals surface area contributed by atoms with Crippen LogP contribution in [0.5, 0.6) is 5.75 Å². The van der Waals surface area contributed by atoms with Gasteiger partial charge in [-0.1, -0.05) is 6.92 Å². The van der Waals surface area contributed by atoms with Gasteiger partial charge in [-0.2, -0.15) is 5.10 Å². The number of aryl methyl sites for hydroxylation is 1. The van der Waals surface area contributed by atoms with E-state index in [9.17, 15) is 5.11 Å². The molecular weight excluding hydrogens is 252 g/mol. The third-order valence-corrected chi connectivity index (χ3v) is 4.96. The summed E-state index contributed by atoms with van der Waals surface area (Å²) in [7, 11) is 1.67. The second kappa shape index (κ2) is 5.40. The summed E-state index contributed by atoms with van der Waals surface area (Å²) in [6.45, 7) is 2.98. The van der Waals surface area contributed by atoms with Gasteiger partial charge in [0.2, 0.25) is 0 Å². The van der Waals surface area contributed by atoms with E-state index in [4.69, 9.17) is 4.74 Å². The van der Waals surface area contributed by atoms with Crippen LogP contribution >= 0.6 is 0 Å². The van der Waals surface area contributed by atoms with Crippen LogP contribution in [0.3, 0.4) is 0 Å². The van der Waals surface area contributed by atoms with Gasteiger partial charge in [0.15, 0.2) is 5.75 Å². The van der Waals surface area contributed by atoms with Gasteiger partial charge in [-0.05, 0) is 56.8 Å². The first-order valence-corrected chi connectivity index (χ1v) is 8.00. The van der Waals surface area contributed by atoms with Gasteiger partial charge in [0, 0.05) is 6.54 Å². The molecule has 2 unspecified atom stereocenters. The van der Waals surface area contributed by atoms with Gasteiger partial charge in [-0.25, -0.2) is 0 Å². The van der Waals surface area contributed by atoms with Crippen molar-refractivity contribution in [3.63, 3.8) is 0 Å². The zero-order chi connectivity index (χ0) is 14.2. The fourth-order valence-electron chi connectivity index (χ4n) is 3.85. The van der Waals surface area contributed by atoms with Crippen LogP contribution in [0.1, 0.15) is 57.6 Å². The van der Waals surface area contributed by atoms with Gasteiger partial charge in [0.1, 0.15) is 11.3 Å². The summed E-state index contributed by atoms with van der Waals surface area (Å²) >= 11 is 0. The van der Waals surface area contributed by atoms with Crippen molar-refractivity contribution in [2.24, 2.45) is 11.8 Å². The molecule has 1 N–H and O–H groups in total. The summed E-state index contributed by atoms with van der Waals surface area (Å²) in [6.07, 6.45) is 9.57. The normalized spacial score (nSPS) is 30.4. The Labute approximate surface area is 121 Å². The van der Waals surface area contributed by atoms with Crippen LogP contribution in [0.15, 0.2) is 6.20 Å². The third kappa shape index (κ3) is 2.46. The van der Waals surface area contributed by atoms with Crippen LogP contribution in [0.4, 0.5) is 0 Å². The van der Waals surface area contributed by atoms with Gasteiger partial charge in [0.25, 0.3) is 0 Å². The number of aromatic nitrogens is 2. The van der Waals surface area contributed by atoms with Crippen LogP contribution in [0.2, 0.25) is 0 Å². The van der Waals surface area contributed by atoms with Gasteiger partial charge in [-0.3, -0.25) is 4.68 Å². The standard InChI is InChI=1S/C16H26N2O2/c1-3-9-18-15(14(20-2)11-17-18)16(19)8-4-5-13(10-16)12-6-7-12/h11-13,19H,3-10H2,1-2H3. The highest BCUT2D eigenvalue weighted by Crippen LogP contribution is 2.50. The summed E-state index contributed by atoms with van der Waals surface area (Å²) in [5, 5.41) is 15.7. The molecule has 2 fully saturated rings. The van der Waals surface area contributed by atoms with Crippen LogP contribution in [-0.2, 0) is 12.1 Å². The molecule has 0 spiro atoms. The molecule has 0 aromatic carbocycles. The molecule has 112 valence electrons. The summed E-state index contributed by atoms with van der Waals surface area (Å²) in [5.74, 6) is 2.29. The molecule has 0 amide bonds. The van der Waals surface area contributed by atoms with Crippen molar-refractivity contribution in [2.75, 3.05) is 7.11 Å². The fourth-order valence-corrected chi connectivity index (χ4v) is 3.85. The number of rotatable bonds is 5. The summed E-state index contributed by atoms with van der Waals surface area (Å²) in [4.78, 5) is 0. The molecule has 4 heteroatoms. The average Bonchev–Trinajstić information content (AvgIpc) is 3.20. The Morgan fingerprint density at radius 1 is 1.40 bits per heavy atom. The summed E-state index contributed by atoms with van der Waals surface area (Å²) in [5.41, 5.74) is 0.162. The molecule has 1 heterocycles. The highest BCUT2D eigenvalue weighted by Gasteiger charge is 2.44. The van der Waals surface area contributed by atoms with Crippen molar-refractivity contribution >= 4 is 0 Å². The SMILES string of the molecule is CCCn1ncc(OC)c1C1(O)CCCC(C2CC2)C1. The average molecular weight is 278 g/mol. The largest absolute Gasteiger partial charge is 0.493 e. The number of methoxy groups -OCH3 is 1. The second-order valence-corrected chi connectivity index (χ2v) is 6.51. The number of nitrogens with zero attached hydrogens (tertiary/aromatic N) is 2. The Morgan fingerprint density at radius 3 is 2.85 bits per heavy atom. The monoisotopic (exact) mass is 278 g/mol. The first-order valence-electron chi connectivity index (χ1n) is 8.00. The number of hydrogen-bond donors (Lipinski definition) is 1. The molecule has 0 saturated heterocycles. The second-order valence-electron chi connectivity index (χ2n) is 6.51. The lowest BCUT2D eigenvalue weighted by Gasteiger charge is -2.37. The fraction of sp³-hybridized carbons (Fsp3) is 0.812. The van der Waals surface area contributed by atoms with E-state index in [0.29, 0.717) is 5.92 Å². The molecule has 3 rings (SSSR count). The van der Waals surface area contributed by atoms with E-state index in [0.717, 1.165) is 49.6 Å². The maximum absolute atomic E-state index is 11.3. The van der Waals surface area contributed by atoms with Crippen molar-refractivity contribution in [3.8, 4) is 5.75 Å². The summed E-state index contributed by atoms with van der Waals surface area (Å²) < 4.78 is 7.41. The van der Waals surface area contributed by atoms with Crippen molar-refractivity contribution in [2.45, 2.75) is 64.0 Å². The predicted octanol–water partition coefficient (Wildman–Crippen LogP) is 3.09. The molecule has 1 aromatic heterocycles. The first kappa shape index (κ1) is 13.9. The molecule has 2 saturated carbocycles. The highest BCUT2D eigenvalue weighted by molar-refractivity contribution is 5.31. The molecule has 2 aliphatic rings. The molecule has 0 radical (unpaired) electrons. The third-order valence-electron chi connectivity index (χ3n) is 4.96. The number of aliphatic hydroxyl groups is 1. The van der Waals surface area contributed by atoms with E-state index in [1.165, 1.54) is 19.3 Å². The van der Waals surface area contributed by atoms with Crippen molar-refractivity contribution in [3.05, 3.63) is 11.9 Å². The summed E-state index contributed by atoms with van der Waals surface area (Å²) in [6, 6.07) is 0. The molecule has 2 atom stereocenters. The lowest BCUT2D eigenvalue weighted by Crippen LogP contribution is -2.36. The Hall–Kier alpha value is -1.03. The minimum absolute atomic E-state index is 0.684. The predicted molar refractivity (Wildman–Crippen MR) is 77.6 cm³/mol. The zero-order valence-electron chi connectivity index (χ0n) is 12.6. The zero-order valence-corrected chi connectivity index (χ0v) is 12.6. The van der Waals surface area contributed by atoms with Crippen molar-refractivity contribution < 1.29 is 9.84 Å². The molecule has 0 bridgehead atoms. The lowest BCUT2D eigenvalue weighted by molar-refractivity contribution is -0.0340. The van der Waals surface area contributed by atoms with Crippen molar-refractivity contribution in [1.29, 1.82) is 0 Å². The van der Waals surface area contributed by atoms with Gasteiger partial charge in [-0.15, -0.1) is 0 Å². The molecule has 1 aromatic rings. The van der Waals surface area contributed by atoms with E-state index in [-0.39, 0.29) is 0 Å². The minimum Gasteiger partial charge on any atom is -0.493 e. The smallest absolute Gasteiger partial charge is 0.162 e. The molecular formula is C16H26N2O2. The number of hydrogen-bond acceptors (Lipinski definition) is 3. The van der Waals surface area contributed by atoms with Crippen molar-refractivity contribution in [1.82, 2.24) is 9.78 Å². The van der Waals surface area contributed by atoms with Gasteiger partial charge < -0.3 is 9.84 Å². The van der Waals surface area contributed by atoms with Crippen LogP contribution in [0, 0.1) is 11.8 Å². The van der Waals surface area contributed by atoms with Gasteiger partial charge >= 0.3 is 0 Å². The van der Waals surface area contributed by atoms with E-state index in [1.54, 1.807) is 13.3 Å². The molecule has 2 aliphatic carbocycles. The Bertz CT molecular complexity index is 467. The quantitative estimate of drug-likeness (QED) is 0.900. The van der Waals surface area contributed by atoms with Crippen LogP contribution in [0.25, 0.3) is 0 Å². The van der Waals surface area contributed by atoms with Gasteiger partial charge in [0.05, 0.1) is 13.3 Å². The number of ether oxygens (including phenoxy) is 1. The molecule has 4 nitrogen and oxygen atoms in total. The van der Waals surface area contributed by atoms with E-state index in [2.05, 4.69) is 12.0 Å². The Morgan fingerprint density at radius 2 is 2.20 bits per heavy atom. The molecule has 0 aliphatic heterocycles. The van der Waals surface area contributed by atoms with Crippen LogP contribution < -0.4 is 4.74 Å². The minimum atomic E-state index is -0.747. The first-order chi connectivity index (χ1) is 9.68. The maximum atomic E-state index is 11.3. The highest BCUT2D eigenvalue weighted by atomic mass is 16.5. The van der Waals surface area contributed by atoms with Crippen LogP contribution in [-0.4, -0.2) is 22.0 Å². The topological polar surface area (TPSA) is 47.3 Å². The van der Waals surface area contributed by atoms with E-state index in [1.807, 2.05) is 4.68 Å². The van der Waals surface area contributed by atoms with E-state index < -0.39 is 5.60 Å². The Balaban J connectivity index is 1.90. The van der Waals surface area contributed by atoms with E-state index >= 15 is 0 Å².